The topological polar surface area (TPSA) is 113 Å². The Labute approximate surface area is 159 Å². The maximum Gasteiger partial charge on any atom is 0.225 e. The van der Waals surface area contributed by atoms with Crippen molar-refractivity contribution in [2.45, 2.75) is 76.3 Å². The predicted octanol–water partition coefficient (Wildman–Crippen LogP) is 1.77. The number of nitrogens with zero attached hydrogens (tertiary/aromatic N) is 4. The highest BCUT2D eigenvalue weighted by Crippen LogP contribution is 2.41. The summed E-state index contributed by atoms with van der Waals surface area (Å²) in [6.07, 6.45) is 13.3. The van der Waals surface area contributed by atoms with Gasteiger partial charge in [0.25, 0.3) is 0 Å². The molecule has 0 aromatic carbocycles. The lowest BCUT2D eigenvalue weighted by atomic mass is 9.98. The van der Waals surface area contributed by atoms with E-state index in [1.165, 1.54) is 38.5 Å². The quantitative estimate of drug-likeness (QED) is 0.836. The Morgan fingerprint density at radius 1 is 1.30 bits per heavy atom. The molecule has 1 unspecified atom stereocenters. The van der Waals surface area contributed by atoms with Crippen LogP contribution in [0, 0.1) is 17.2 Å². The Morgan fingerprint density at radius 3 is 2.48 bits per heavy atom. The van der Waals surface area contributed by atoms with Crippen LogP contribution in [0.3, 0.4) is 0 Å². The van der Waals surface area contributed by atoms with Crippen molar-refractivity contribution in [2.75, 3.05) is 6.54 Å². The molecule has 8 nitrogen and oxygen atoms in total. The second-order valence-electron chi connectivity index (χ2n) is 7.68. The molecule has 2 N–H and O–H groups in total. The lowest BCUT2D eigenvalue weighted by Gasteiger charge is -2.21. The molecule has 4 rings (SSSR count). The minimum absolute atomic E-state index is 0.00627. The fraction of sp³-hybridized carbons (Fsp3) is 0.737. The number of aromatic nitrogens is 3. The second-order valence-corrected chi connectivity index (χ2v) is 7.68. The first-order valence-electron chi connectivity index (χ1n) is 10.0. The zero-order valence-electron chi connectivity index (χ0n) is 15.7. The van der Waals surface area contributed by atoms with Crippen molar-refractivity contribution in [3.05, 3.63) is 11.9 Å². The number of nitrogens with one attached hydrogen (secondary N) is 2. The maximum absolute atomic E-state index is 12.0. The van der Waals surface area contributed by atoms with Crippen LogP contribution in [0.15, 0.2) is 6.20 Å². The van der Waals surface area contributed by atoms with Crippen molar-refractivity contribution < 1.29 is 9.59 Å². The van der Waals surface area contributed by atoms with Gasteiger partial charge in [0.15, 0.2) is 5.54 Å². The Morgan fingerprint density at radius 2 is 1.96 bits per heavy atom. The lowest BCUT2D eigenvalue weighted by molar-refractivity contribution is -0.129. The van der Waals surface area contributed by atoms with Gasteiger partial charge in [-0.15, -0.1) is 5.10 Å². The summed E-state index contributed by atoms with van der Waals surface area (Å²) in [6, 6.07) is 2.24. The van der Waals surface area contributed by atoms with Gasteiger partial charge >= 0.3 is 0 Å². The number of hydrogen-bond donors (Lipinski definition) is 2. The Bertz CT molecular complexity index is 678. The Hall–Kier alpha value is -2.43. The molecule has 1 atom stereocenters. The van der Waals surface area contributed by atoms with Gasteiger partial charge in [0.1, 0.15) is 5.69 Å². The molecule has 0 radical (unpaired) electrons. The van der Waals surface area contributed by atoms with Crippen molar-refractivity contribution in [3.8, 4) is 6.07 Å². The van der Waals surface area contributed by atoms with Crippen LogP contribution in [0.25, 0.3) is 0 Å². The van der Waals surface area contributed by atoms with Crippen molar-refractivity contribution in [3.63, 3.8) is 0 Å². The SMILES string of the molecule is C1CCCCC1.N#CC1(n2cc(CNC(=O)C3CCC(=O)NC3)nn2)CC1. The number of rotatable bonds is 4. The van der Waals surface area contributed by atoms with Crippen molar-refractivity contribution >= 4 is 11.8 Å². The molecule has 2 heterocycles. The van der Waals surface area contributed by atoms with E-state index in [1.54, 1.807) is 10.9 Å². The van der Waals surface area contributed by atoms with Gasteiger partial charge < -0.3 is 10.6 Å². The molecule has 3 fully saturated rings. The fourth-order valence-electron chi connectivity index (χ4n) is 3.44. The largest absolute Gasteiger partial charge is 0.355 e. The van der Waals surface area contributed by atoms with E-state index in [9.17, 15) is 9.59 Å². The van der Waals surface area contributed by atoms with Gasteiger partial charge in [-0.25, -0.2) is 4.68 Å². The van der Waals surface area contributed by atoms with E-state index in [-0.39, 0.29) is 24.3 Å². The van der Waals surface area contributed by atoms with Gasteiger partial charge in [-0.2, -0.15) is 5.26 Å². The summed E-state index contributed by atoms with van der Waals surface area (Å²) in [4.78, 5) is 23.0. The standard InChI is InChI=1S/C13H16N6O2.C6H12/c14-8-13(3-4-13)19-7-10(17-18-19)6-16-12(21)9-1-2-11(20)15-5-9;1-2-4-6-5-3-1/h7,9H,1-6H2,(H,15,20)(H,16,21);1-6H2. The van der Waals surface area contributed by atoms with Gasteiger partial charge in [0.05, 0.1) is 24.7 Å². The summed E-state index contributed by atoms with van der Waals surface area (Å²) < 4.78 is 1.58. The fourth-order valence-corrected chi connectivity index (χ4v) is 3.44. The number of hydrogen-bond acceptors (Lipinski definition) is 5. The molecule has 0 bridgehead atoms. The molecular formula is C19H28N6O2. The molecule has 0 spiro atoms. The highest BCUT2D eigenvalue weighted by Gasteiger charge is 2.46. The number of carbonyl (C=O) groups is 2. The molecule has 1 saturated heterocycles. The van der Waals surface area contributed by atoms with E-state index < -0.39 is 5.54 Å². The van der Waals surface area contributed by atoms with Crippen LogP contribution in [0.5, 0.6) is 0 Å². The van der Waals surface area contributed by atoms with E-state index in [1.807, 2.05) is 0 Å². The molecule has 1 aliphatic heterocycles. The van der Waals surface area contributed by atoms with Crippen LogP contribution in [-0.2, 0) is 21.7 Å². The van der Waals surface area contributed by atoms with Crippen LogP contribution in [-0.4, -0.2) is 33.4 Å². The van der Waals surface area contributed by atoms with Crippen LogP contribution in [0.4, 0.5) is 0 Å². The third-order valence-electron chi connectivity index (χ3n) is 5.49. The Balaban J connectivity index is 0.000000299. The lowest BCUT2D eigenvalue weighted by Crippen LogP contribution is -2.42. The second kappa shape index (κ2) is 8.98. The Kier molecular flexibility index (Phi) is 6.43. The third kappa shape index (κ3) is 5.28. The molecule has 8 heteroatoms. The summed E-state index contributed by atoms with van der Waals surface area (Å²) in [5.74, 6) is -0.286. The van der Waals surface area contributed by atoms with Gasteiger partial charge in [-0.3, -0.25) is 9.59 Å². The highest BCUT2D eigenvalue weighted by atomic mass is 16.2. The molecule has 3 aliphatic rings. The summed E-state index contributed by atoms with van der Waals surface area (Å²) in [5.41, 5.74) is 0.104. The number of carbonyl (C=O) groups excluding carboxylic acids is 2. The van der Waals surface area contributed by atoms with E-state index in [0.717, 1.165) is 12.8 Å². The van der Waals surface area contributed by atoms with Gasteiger partial charge in [-0.1, -0.05) is 43.7 Å². The van der Waals surface area contributed by atoms with E-state index in [4.69, 9.17) is 5.26 Å². The zero-order chi connectivity index (χ0) is 19.1. The van der Waals surface area contributed by atoms with E-state index in [2.05, 4.69) is 27.0 Å². The number of piperidine rings is 1. The highest BCUT2D eigenvalue weighted by molar-refractivity contribution is 5.83. The summed E-state index contributed by atoms with van der Waals surface area (Å²) in [5, 5.41) is 22.5. The predicted molar refractivity (Wildman–Crippen MR) is 98.1 cm³/mol. The number of nitriles is 1. The molecule has 146 valence electrons. The first kappa shape index (κ1) is 19.3. The van der Waals surface area contributed by atoms with E-state index >= 15 is 0 Å². The summed E-state index contributed by atoms with van der Waals surface area (Å²) >= 11 is 0. The average Bonchev–Trinajstić information content (AvgIpc) is 3.38. The van der Waals surface area contributed by atoms with Crippen LogP contribution < -0.4 is 10.6 Å². The van der Waals surface area contributed by atoms with Gasteiger partial charge in [0.2, 0.25) is 11.8 Å². The van der Waals surface area contributed by atoms with Crippen LogP contribution in [0.2, 0.25) is 0 Å². The van der Waals surface area contributed by atoms with E-state index in [0.29, 0.717) is 25.1 Å². The maximum atomic E-state index is 12.0. The smallest absolute Gasteiger partial charge is 0.225 e. The molecule has 27 heavy (non-hydrogen) atoms. The molecule has 1 aromatic heterocycles. The minimum atomic E-state index is -0.525. The molecular weight excluding hydrogens is 344 g/mol. The monoisotopic (exact) mass is 372 g/mol. The van der Waals surface area contributed by atoms with Crippen molar-refractivity contribution in [2.24, 2.45) is 5.92 Å². The average molecular weight is 372 g/mol. The first-order chi connectivity index (χ1) is 13.1. The van der Waals surface area contributed by atoms with Crippen molar-refractivity contribution in [1.82, 2.24) is 25.6 Å². The molecule has 2 amide bonds. The number of amides is 2. The summed E-state index contributed by atoms with van der Waals surface area (Å²) in [6.45, 7) is 0.666. The van der Waals surface area contributed by atoms with Crippen LogP contribution >= 0.6 is 0 Å². The van der Waals surface area contributed by atoms with Crippen LogP contribution in [0.1, 0.15) is 69.9 Å². The van der Waals surface area contributed by atoms with Gasteiger partial charge in [-0.05, 0) is 19.3 Å². The van der Waals surface area contributed by atoms with Crippen molar-refractivity contribution in [1.29, 1.82) is 5.26 Å². The van der Waals surface area contributed by atoms with Gasteiger partial charge in [0, 0.05) is 13.0 Å². The zero-order valence-corrected chi connectivity index (χ0v) is 15.7. The third-order valence-corrected chi connectivity index (χ3v) is 5.49. The summed E-state index contributed by atoms with van der Waals surface area (Å²) in [7, 11) is 0. The first-order valence-corrected chi connectivity index (χ1v) is 10.0. The molecule has 2 saturated carbocycles. The molecule has 2 aliphatic carbocycles. The minimum Gasteiger partial charge on any atom is -0.355 e. The normalized spacial score (nSPS) is 23.2. The molecule has 1 aromatic rings.